The lowest BCUT2D eigenvalue weighted by Crippen LogP contribution is -2.40. The van der Waals surface area contributed by atoms with Crippen LogP contribution in [0.1, 0.15) is 26.2 Å². The molecule has 5 heteroatoms. The van der Waals surface area contributed by atoms with Crippen LogP contribution in [0.2, 0.25) is 0 Å². The van der Waals surface area contributed by atoms with Crippen LogP contribution in [0, 0.1) is 5.41 Å². The van der Waals surface area contributed by atoms with Crippen molar-refractivity contribution in [2.45, 2.75) is 31.4 Å². The molecule has 80 valence electrons. The normalized spacial score (nSPS) is 19.1. The molecule has 1 rings (SSSR count). The van der Waals surface area contributed by atoms with Gasteiger partial charge in [-0.05, 0) is 26.2 Å². The highest BCUT2D eigenvalue weighted by Crippen LogP contribution is 2.16. The highest BCUT2D eigenvalue weighted by atomic mass is 32.2. The molecular weight excluding hydrogens is 198 g/mol. The van der Waals surface area contributed by atoms with Crippen LogP contribution in [-0.2, 0) is 4.79 Å². The second-order valence-corrected chi connectivity index (χ2v) is 4.89. The summed E-state index contributed by atoms with van der Waals surface area (Å²) in [4.78, 5) is 13.7. The van der Waals surface area contributed by atoms with Gasteiger partial charge in [-0.1, -0.05) is 11.8 Å². The summed E-state index contributed by atoms with van der Waals surface area (Å²) in [6.07, 6.45) is 3.42. The Balaban J connectivity index is 2.42. The molecule has 0 radical (unpaired) electrons. The lowest BCUT2D eigenvalue weighted by Gasteiger charge is -2.28. The van der Waals surface area contributed by atoms with Crippen LogP contribution in [0.3, 0.4) is 0 Å². The van der Waals surface area contributed by atoms with E-state index < -0.39 is 0 Å². The molecule has 1 aliphatic rings. The largest absolute Gasteiger partial charge is 0.379 e. The fourth-order valence-electron chi connectivity index (χ4n) is 1.61. The number of hydrogen-bond donors (Lipinski definition) is 2. The molecule has 1 unspecified atom stereocenters. The summed E-state index contributed by atoms with van der Waals surface area (Å²) in [6, 6.07) is 0. The van der Waals surface area contributed by atoms with Crippen molar-refractivity contribution in [3.8, 4) is 0 Å². The third kappa shape index (κ3) is 3.21. The maximum Gasteiger partial charge on any atom is 0.235 e. The summed E-state index contributed by atoms with van der Waals surface area (Å²) >= 11 is 1.13. The number of nitrogens with zero attached hydrogens (tertiary/aromatic N) is 1. The van der Waals surface area contributed by atoms with Crippen molar-refractivity contribution >= 4 is 22.8 Å². The average molecular weight is 215 g/mol. The van der Waals surface area contributed by atoms with Crippen LogP contribution in [0.25, 0.3) is 0 Å². The molecule has 0 aliphatic carbocycles. The number of likely N-dealkylation sites (tertiary alicyclic amines) is 1. The Hall–Kier alpha value is -0.710. The molecule has 1 saturated heterocycles. The number of thioether (sulfide) groups is 1. The number of nitrogens with two attached hydrogens (primary N) is 1. The van der Waals surface area contributed by atoms with Gasteiger partial charge in [0.05, 0.1) is 5.25 Å². The molecule has 1 fully saturated rings. The van der Waals surface area contributed by atoms with Crippen molar-refractivity contribution in [1.29, 1.82) is 5.41 Å². The van der Waals surface area contributed by atoms with Crippen molar-refractivity contribution in [1.82, 2.24) is 4.90 Å². The summed E-state index contributed by atoms with van der Waals surface area (Å²) < 4.78 is 0. The van der Waals surface area contributed by atoms with Crippen molar-refractivity contribution in [3.05, 3.63) is 0 Å². The lowest BCUT2D eigenvalue weighted by atomic mass is 10.1. The Kier molecular flexibility index (Phi) is 4.25. The Bertz CT molecular complexity index is 226. The second kappa shape index (κ2) is 5.24. The maximum atomic E-state index is 11.8. The number of carbonyl (C=O) groups excluding carboxylic acids is 1. The molecule has 1 aliphatic heterocycles. The number of rotatable bonds is 2. The van der Waals surface area contributed by atoms with E-state index in [0.717, 1.165) is 37.7 Å². The first-order valence-electron chi connectivity index (χ1n) is 4.90. The SMILES string of the molecule is CC(SC(=N)N)C(=O)N1CCCCC1. The number of nitrogens with one attached hydrogen (secondary N) is 1. The quantitative estimate of drug-likeness (QED) is 0.533. The van der Waals surface area contributed by atoms with Gasteiger partial charge in [-0.3, -0.25) is 10.2 Å². The molecule has 1 atom stereocenters. The third-order valence-corrected chi connectivity index (χ3v) is 3.13. The minimum atomic E-state index is -0.217. The molecule has 1 heterocycles. The number of hydrogen-bond acceptors (Lipinski definition) is 3. The van der Waals surface area contributed by atoms with Crippen LogP contribution >= 0.6 is 11.8 Å². The number of piperidine rings is 1. The smallest absolute Gasteiger partial charge is 0.235 e. The van der Waals surface area contributed by atoms with Crippen molar-refractivity contribution in [2.24, 2.45) is 5.73 Å². The van der Waals surface area contributed by atoms with Gasteiger partial charge in [0.2, 0.25) is 5.91 Å². The predicted molar refractivity (Wildman–Crippen MR) is 59.4 cm³/mol. The number of amides is 1. The predicted octanol–water partition coefficient (Wildman–Crippen LogP) is 1.01. The van der Waals surface area contributed by atoms with Crippen molar-refractivity contribution in [3.63, 3.8) is 0 Å². The Morgan fingerprint density at radius 3 is 2.50 bits per heavy atom. The van der Waals surface area contributed by atoms with E-state index in [-0.39, 0.29) is 16.3 Å². The van der Waals surface area contributed by atoms with Gasteiger partial charge in [0.1, 0.15) is 0 Å². The van der Waals surface area contributed by atoms with Gasteiger partial charge in [0, 0.05) is 13.1 Å². The first-order chi connectivity index (χ1) is 6.61. The highest BCUT2D eigenvalue weighted by Gasteiger charge is 2.22. The Labute approximate surface area is 88.7 Å². The van der Waals surface area contributed by atoms with Gasteiger partial charge >= 0.3 is 0 Å². The van der Waals surface area contributed by atoms with Gasteiger partial charge < -0.3 is 10.6 Å². The standard InChI is InChI=1S/C9H17N3OS/c1-7(14-9(10)11)8(13)12-5-3-2-4-6-12/h7H,2-6H2,1H3,(H3,10,11). The van der Waals surface area contributed by atoms with Crippen LogP contribution in [0.4, 0.5) is 0 Å². The van der Waals surface area contributed by atoms with E-state index in [1.54, 1.807) is 0 Å². The summed E-state index contributed by atoms with van der Waals surface area (Å²) in [7, 11) is 0. The Morgan fingerprint density at radius 1 is 1.43 bits per heavy atom. The molecule has 1 amide bonds. The summed E-state index contributed by atoms with van der Waals surface area (Å²) in [6.45, 7) is 3.53. The summed E-state index contributed by atoms with van der Waals surface area (Å²) in [5.41, 5.74) is 5.24. The zero-order chi connectivity index (χ0) is 10.6. The molecule has 0 aromatic carbocycles. The zero-order valence-corrected chi connectivity index (χ0v) is 9.27. The van der Waals surface area contributed by atoms with Crippen molar-refractivity contribution in [2.75, 3.05) is 13.1 Å². The van der Waals surface area contributed by atoms with E-state index >= 15 is 0 Å². The molecule has 0 bridgehead atoms. The number of carbonyl (C=O) groups is 1. The fourth-order valence-corrected chi connectivity index (χ4v) is 2.24. The van der Waals surface area contributed by atoms with E-state index in [1.165, 1.54) is 6.42 Å². The van der Waals surface area contributed by atoms with E-state index in [4.69, 9.17) is 11.1 Å². The van der Waals surface area contributed by atoms with E-state index in [9.17, 15) is 4.79 Å². The fraction of sp³-hybridized carbons (Fsp3) is 0.778. The van der Waals surface area contributed by atoms with E-state index in [1.807, 2.05) is 11.8 Å². The molecule has 0 spiro atoms. The molecule has 14 heavy (non-hydrogen) atoms. The lowest BCUT2D eigenvalue weighted by molar-refractivity contribution is -0.131. The minimum Gasteiger partial charge on any atom is -0.379 e. The topological polar surface area (TPSA) is 70.2 Å². The van der Waals surface area contributed by atoms with Crippen molar-refractivity contribution < 1.29 is 4.79 Å². The average Bonchev–Trinajstić information content (AvgIpc) is 2.17. The highest BCUT2D eigenvalue weighted by molar-refractivity contribution is 8.14. The zero-order valence-electron chi connectivity index (χ0n) is 8.45. The van der Waals surface area contributed by atoms with E-state index in [0.29, 0.717) is 0 Å². The molecule has 0 saturated carbocycles. The van der Waals surface area contributed by atoms with Crippen LogP contribution < -0.4 is 5.73 Å². The maximum absolute atomic E-state index is 11.8. The number of amidine groups is 1. The summed E-state index contributed by atoms with van der Waals surface area (Å²) in [5, 5.41) is 6.90. The summed E-state index contributed by atoms with van der Waals surface area (Å²) in [5.74, 6) is 0.116. The minimum absolute atomic E-state index is 0.0165. The van der Waals surface area contributed by atoms with E-state index in [2.05, 4.69) is 0 Å². The third-order valence-electron chi connectivity index (χ3n) is 2.32. The monoisotopic (exact) mass is 215 g/mol. The van der Waals surface area contributed by atoms with Crippen LogP contribution in [-0.4, -0.2) is 34.3 Å². The van der Waals surface area contributed by atoms with Gasteiger partial charge in [-0.15, -0.1) is 0 Å². The second-order valence-electron chi connectivity index (χ2n) is 3.51. The molecule has 0 aromatic rings. The van der Waals surface area contributed by atoms with Gasteiger partial charge in [-0.2, -0.15) is 0 Å². The van der Waals surface area contributed by atoms with Gasteiger partial charge in [0.15, 0.2) is 5.17 Å². The van der Waals surface area contributed by atoms with Crippen LogP contribution in [0.15, 0.2) is 0 Å². The van der Waals surface area contributed by atoms with Gasteiger partial charge in [0.25, 0.3) is 0 Å². The molecule has 3 N–H and O–H groups in total. The molecular formula is C9H17N3OS. The Morgan fingerprint density at radius 2 is 2.00 bits per heavy atom. The molecule has 0 aromatic heterocycles. The first-order valence-corrected chi connectivity index (χ1v) is 5.78. The van der Waals surface area contributed by atoms with Crippen LogP contribution in [0.5, 0.6) is 0 Å². The first kappa shape index (κ1) is 11.4. The molecule has 4 nitrogen and oxygen atoms in total. The van der Waals surface area contributed by atoms with Gasteiger partial charge in [-0.25, -0.2) is 0 Å².